The summed E-state index contributed by atoms with van der Waals surface area (Å²) in [6, 6.07) is 0. The molecule has 0 aromatic heterocycles. The van der Waals surface area contributed by atoms with Crippen LogP contribution in [0, 0.1) is 0 Å². The average Bonchev–Trinajstić information content (AvgIpc) is 1.87. The van der Waals surface area contributed by atoms with Gasteiger partial charge in [-0.15, -0.1) is 11.8 Å². The Bertz CT molecular complexity index is 117. The molecule has 0 rings (SSSR count). The van der Waals surface area contributed by atoms with Crippen molar-refractivity contribution in [3.8, 4) is 0 Å². The first-order valence-electron chi connectivity index (χ1n) is 3.13. The van der Waals surface area contributed by atoms with Crippen molar-refractivity contribution in [2.24, 2.45) is 0 Å². The van der Waals surface area contributed by atoms with Gasteiger partial charge >= 0.3 is 5.97 Å². The standard InChI is InChI=1S/C6H12O4S/c1-10-2-5(7)3-11-4-6(8)9/h5,7H,2-4H2,1H3,(H,8,9). The number of thioether (sulfide) groups is 1. The maximum atomic E-state index is 10.0. The number of aliphatic hydroxyl groups is 1. The van der Waals surface area contributed by atoms with Crippen molar-refractivity contribution in [2.45, 2.75) is 6.10 Å². The van der Waals surface area contributed by atoms with Crippen LogP contribution >= 0.6 is 11.8 Å². The van der Waals surface area contributed by atoms with Crippen molar-refractivity contribution in [1.29, 1.82) is 0 Å². The Morgan fingerprint density at radius 3 is 2.82 bits per heavy atom. The molecular formula is C6H12O4S. The Morgan fingerprint density at radius 2 is 2.36 bits per heavy atom. The molecule has 11 heavy (non-hydrogen) atoms. The molecule has 0 aliphatic heterocycles. The number of carbonyl (C=O) groups is 1. The molecule has 0 heterocycles. The topological polar surface area (TPSA) is 66.8 Å². The number of carboxylic acids is 1. The quantitative estimate of drug-likeness (QED) is 0.593. The van der Waals surface area contributed by atoms with Crippen LogP contribution in [0.5, 0.6) is 0 Å². The van der Waals surface area contributed by atoms with Gasteiger partial charge in [0.2, 0.25) is 0 Å². The molecule has 0 fully saturated rings. The summed E-state index contributed by atoms with van der Waals surface area (Å²) in [5.41, 5.74) is 0. The number of carboxylic acid groups (broad SMARTS) is 1. The third-order valence-electron chi connectivity index (χ3n) is 0.895. The molecular weight excluding hydrogens is 168 g/mol. The van der Waals surface area contributed by atoms with Gasteiger partial charge in [0.1, 0.15) is 0 Å². The van der Waals surface area contributed by atoms with Gasteiger partial charge in [0.25, 0.3) is 0 Å². The van der Waals surface area contributed by atoms with Crippen molar-refractivity contribution < 1.29 is 19.7 Å². The van der Waals surface area contributed by atoms with E-state index in [2.05, 4.69) is 4.74 Å². The van der Waals surface area contributed by atoms with Gasteiger partial charge in [-0.05, 0) is 0 Å². The predicted molar refractivity (Wildman–Crippen MR) is 42.8 cm³/mol. The largest absolute Gasteiger partial charge is 0.481 e. The van der Waals surface area contributed by atoms with E-state index in [1.165, 1.54) is 18.9 Å². The summed E-state index contributed by atoms with van der Waals surface area (Å²) >= 11 is 1.18. The van der Waals surface area contributed by atoms with Crippen LogP contribution in [0.15, 0.2) is 0 Å². The number of ether oxygens (including phenoxy) is 1. The summed E-state index contributed by atoms with van der Waals surface area (Å²) in [7, 11) is 1.49. The van der Waals surface area contributed by atoms with Gasteiger partial charge in [-0.2, -0.15) is 0 Å². The molecule has 0 amide bonds. The second-order valence-electron chi connectivity index (χ2n) is 2.02. The van der Waals surface area contributed by atoms with Crippen molar-refractivity contribution >= 4 is 17.7 Å². The zero-order chi connectivity index (χ0) is 8.69. The molecule has 4 nitrogen and oxygen atoms in total. The van der Waals surface area contributed by atoms with Crippen molar-refractivity contribution in [2.75, 3.05) is 25.2 Å². The summed E-state index contributed by atoms with van der Waals surface area (Å²) in [5.74, 6) is -0.430. The maximum absolute atomic E-state index is 10.0. The van der Waals surface area contributed by atoms with Crippen LogP contribution in [0.3, 0.4) is 0 Å². The lowest BCUT2D eigenvalue weighted by molar-refractivity contribution is -0.133. The highest BCUT2D eigenvalue weighted by Crippen LogP contribution is 2.02. The fourth-order valence-electron chi connectivity index (χ4n) is 0.523. The number of aliphatic carboxylic acids is 1. The molecule has 5 heteroatoms. The van der Waals surface area contributed by atoms with Gasteiger partial charge in [-0.1, -0.05) is 0 Å². The zero-order valence-corrected chi connectivity index (χ0v) is 7.13. The van der Waals surface area contributed by atoms with E-state index < -0.39 is 12.1 Å². The summed E-state index contributed by atoms with van der Waals surface area (Å²) in [6.45, 7) is 0.257. The van der Waals surface area contributed by atoms with Crippen molar-refractivity contribution in [3.63, 3.8) is 0 Å². The molecule has 0 bridgehead atoms. The normalized spacial score (nSPS) is 12.9. The second-order valence-corrected chi connectivity index (χ2v) is 3.05. The third kappa shape index (κ3) is 7.64. The summed E-state index contributed by atoms with van der Waals surface area (Å²) in [5, 5.41) is 17.2. The lowest BCUT2D eigenvalue weighted by Gasteiger charge is -2.06. The minimum absolute atomic E-state index is 0.0285. The van der Waals surface area contributed by atoms with Crippen LogP contribution in [-0.4, -0.2) is 47.5 Å². The van der Waals surface area contributed by atoms with Crippen LogP contribution in [0.4, 0.5) is 0 Å². The predicted octanol–water partition coefficient (Wildman–Crippen LogP) is -0.188. The Balaban J connectivity index is 3.16. The van der Waals surface area contributed by atoms with Crippen LogP contribution in [0.1, 0.15) is 0 Å². The molecule has 0 saturated heterocycles. The third-order valence-corrected chi connectivity index (χ3v) is 1.97. The summed E-state index contributed by atoms with van der Waals surface area (Å²) in [6.07, 6.45) is -0.565. The first-order valence-corrected chi connectivity index (χ1v) is 4.28. The van der Waals surface area contributed by atoms with E-state index in [1.807, 2.05) is 0 Å². The van der Waals surface area contributed by atoms with Crippen LogP contribution in [-0.2, 0) is 9.53 Å². The zero-order valence-electron chi connectivity index (χ0n) is 6.32. The van der Waals surface area contributed by atoms with Gasteiger partial charge in [0.15, 0.2) is 0 Å². The molecule has 0 aromatic carbocycles. The van der Waals surface area contributed by atoms with E-state index in [-0.39, 0.29) is 12.4 Å². The highest BCUT2D eigenvalue weighted by atomic mass is 32.2. The molecule has 1 atom stereocenters. The highest BCUT2D eigenvalue weighted by Gasteiger charge is 2.04. The van der Waals surface area contributed by atoms with E-state index in [1.54, 1.807) is 0 Å². The van der Waals surface area contributed by atoms with Crippen molar-refractivity contribution in [3.05, 3.63) is 0 Å². The van der Waals surface area contributed by atoms with E-state index >= 15 is 0 Å². The fraction of sp³-hybridized carbons (Fsp3) is 0.833. The Morgan fingerprint density at radius 1 is 1.73 bits per heavy atom. The minimum Gasteiger partial charge on any atom is -0.481 e. The molecule has 2 N–H and O–H groups in total. The Kier molecular flexibility index (Phi) is 6.30. The van der Waals surface area contributed by atoms with Gasteiger partial charge in [-0.3, -0.25) is 4.79 Å². The van der Waals surface area contributed by atoms with Gasteiger partial charge in [-0.25, -0.2) is 0 Å². The number of methoxy groups -OCH3 is 1. The van der Waals surface area contributed by atoms with E-state index in [0.717, 1.165) is 0 Å². The lowest BCUT2D eigenvalue weighted by atomic mass is 10.4. The first kappa shape index (κ1) is 10.7. The fourth-order valence-corrected chi connectivity index (χ4v) is 1.18. The molecule has 0 radical (unpaired) electrons. The van der Waals surface area contributed by atoms with Gasteiger partial charge in [0.05, 0.1) is 18.5 Å². The first-order chi connectivity index (χ1) is 5.16. The molecule has 1 unspecified atom stereocenters. The van der Waals surface area contributed by atoms with Gasteiger partial charge in [0, 0.05) is 12.9 Å². The summed E-state index contributed by atoms with van der Waals surface area (Å²) in [4.78, 5) is 10.0. The molecule has 0 saturated carbocycles. The lowest BCUT2D eigenvalue weighted by Crippen LogP contribution is -2.17. The molecule has 0 spiro atoms. The SMILES string of the molecule is COCC(O)CSCC(=O)O. The van der Waals surface area contributed by atoms with Crippen LogP contribution in [0.25, 0.3) is 0 Å². The molecule has 0 aromatic rings. The average molecular weight is 180 g/mol. The van der Waals surface area contributed by atoms with Gasteiger partial charge < -0.3 is 14.9 Å². The number of rotatable bonds is 6. The number of hydrogen-bond donors (Lipinski definition) is 2. The number of aliphatic hydroxyl groups excluding tert-OH is 1. The number of hydrogen-bond acceptors (Lipinski definition) is 4. The Hall–Kier alpha value is -0.260. The second kappa shape index (κ2) is 6.45. The van der Waals surface area contributed by atoms with Crippen molar-refractivity contribution in [1.82, 2.24) is 0 Å². The Labute approximate surface area is 69.6 Å². The molecule has 0 aliphatic carbocycles. The van der Waals surface area contributed by atoms with E-state index in [9.17, 15) is 4.79 Å². The maximum Gasteiger partial charge on any atom is 0.313 e. The molecule has 0 aliphatic rings. The monoisotopic (exact) mass is 180 g/mol. The molecule has 66 valence electrons. The minimum atomic E-state index is -0.861. The highest BCUT2D eigenvalue weighted by molar-refractivity contribution is 7.99. The van der Waals surface area contributed by atoms with E-state index in [0.29, 0.717) is 5.75 Å². The van der Waals surface area contributed by atoms with Crippen LogP contribution < -0.4 is 0 Å². The van der Waals surface area contributed by atoms with Crippen LogP contribution in [0.2, 0.25) is 0 Å². The summed E-state index contributed by atoms with van der Waals surface area (Å²) < 4.78 is 4.65. The van der Waals surface area contributed by atoms with E-state index in [4.69, 9.17) is 10.2 Å². The smallest absolute Gasteiger partial charge is 0.313 e.